The third-order valence-corrected chi connectivity index (χ3v) is 4.72. The number of hydrogen-bond acceptors (Lipinski definition) is 4. The Kier molecular flexibility index (Phi) is 6.01. The predicted molar refractivity (Wildman–Crippen MR) is 84.2 cm³/mol. The summed E-state index contributed by atoms with van der Waals surface area (Å²) in [6, 6.07) is 2.56. The van der Waals surface area contributed by atoms with Crippen molar-refractivity contribution in [1.82, 2.24) is 15.1 Å². The van der Waals surface area contributed by atoms with E-state index in [1.165, 1.54) is 0 Å². The van der Waals surface area contributed by atoms with Crippen LogP contribution in [0.4, 0.5) is 0 Å². The van der Waals surface area contributed by atoms with E-state index < -0.39 is 0 Å². The second-order valence-electron chi connectivity index (χ2n) is 5.64. The molecule has 1 amide bonds. The number of rotatable bonds is 6. The lowest BCUT2D eigenvalue weighted by molar-refractivity contribution is -0.120. The molecule has 0 aromatic carbocycles. The van der Waals surface area contributed by atoms with Crippen molar-refractivity contribution < 1.29 is 4.79 Å². The zero-order valence-electron chi connectivity index (χ0n) is 12.5. The molecule has 5 heteroatoms. The molecule has 2 heterocycles. The Morgan fingerprint density at radius 2 is 2.15 bits per heavy atom. The van der Waals surface area contributed by atoms with E-state index in [1.807, 2.05) is 16.8 Å². The lowest BCUT2D eigenvalue weighted by atomic mass is 10.1. The number of hydrogen-bond donors (Lipinski definition) is 1. The number of likely N-dealkylation sites (N-methyl/N-ethyl adjacent to an activating group) is 1. The van der Waals surface area contributed by atoms with Crippen molar-refractivity contribution in [2.75, 3.05) is 39.8 Å². The molecule has 1 aromatic rings. The van der Waals surface area contributed by atoms with Crippen molar-refractivity contribution in [3.63, 3.8) is 0 Å². The normalized spacial score (nSPS) is 18.9. The Labute approximate surface area is 125 Å². The first-order valence-corrected chi connectivity index (χ1v) is 8.30. The first kappa shape index (κ1) is 15.5. The molecule has 0 spiro atoms. The lowest BCUT2D eigenvalue weighted by Gasteiger charge is -2.36. The van der Waals surface area contributed by atoms with E-state index in [-0.39, 0.29) is 5.91 Å². The maximum atomic E-state index is 11.8. The molecule has 1 fully saturated rings. The maximum absolute atomic E-state index is 11.8. The first-order valence-electron chi connectivity index (χ1n) is 7.35. The molecule has 0 saturated carbocycles. The molecule has 1 aromatic heterocycles. The van der Waals surface area contributed by atoms with E-state index in [1.54, 1.807) is 11.3 Å². The summed E-state index contributed by atoms with van der Waals surface area (Å²) < 4.78 is 0. The molecule has 1 aliphatic heterocycles. The fourth-order valence-electron chi connectivity index (χ4n) is 2.51. The molecular formula is C15H25N3OS. The second kappa shape index (κ2) is 7.76. The Bertz CT molecular complexity index is 399. The maximum Gasteiger partial charge on any atom is 0.224 e. The molecule has 1 atom stereocenters. The van der Waals surface area contributed by atoms with E-state index in [0.717, 1.165) is 44.7 Å². The molecule has 112 valence electrons. The highest BCUT2D eigenvalue weighted by molar-refractivity contribution is 7.07. The van der Waals surface area contributed by atoms with Gasteiger partial charge in [-0.2, -0.15) is 11.3 Å². The van der Waals surface area contributed by atoms with Crippen LogP contribution >= 0.6 is 11.3 Å². The van der Waals surface area contributed by atoms with E-state index in [2.05, 4.69) is 29.1 Å². The zero-order chi connectivity index (χ0) is 14.4. The summed E-state index contributed by atoms with van der Waals surface area (Å²) >= 11 is 1.64. The monoisotopic (exact) mass is 295 g/mol. The Hall–Kier alpha value is -0.910. The average molecular weight is 295 g/mol. The van der Waals surface area contributed by atoms with Gasteiger partial charge < -0.3 is 10.2 Å². The van der Waals surface area contributed by atoms with Crippen LogP contribution in [0.15, 0.2) is 16.8 Å². The molecule has 0 aliphatic carbocycles. The molecule has 1 saturated heterocycles. The fraction of sp³-hybridized carbons (Fsp3) is 0.667. The van der Waals surface area contributed by atoms with Gasteiger partial charge >= 0.3 is 0 Å². The summed E-state index contributed by atoms with van der Waals surface area (Å²) in [6.07, 6.45) is 1.53. The van der Waals surface area contributed by atoms with E-state index >= 15 is 0 Å². The van der Waals surface area contributed by atoms with Crippen LogP contribution in [-0.2, 0) is 11.2 Å². The van der Waals surface area contributed by atoms with Crippen molar-refractivity contribution in [3.8, 4) is 0 Å². The third-order valence-electron chi connectivity index (χ3n) is 3.99. The third kappa shape index (κ3) is 4.89. The van der Waals surface area contributed by atoms with E-state index in [9.17, 15) is 4.79 Å². The van der Waals surface area contributed by atoms with Gasteiger partial charge in [-0.25, -0.2) is 0 Å². The largest absolute Gasteiger partial charge is 0.356 e. The number of carbonyl (C=O) groups excluding carboxylic acids is 1. The minimum absolute atomic E-state index is 0.133. The van der Waals surface area contributed by atoms with Gasteiger partial charge in [0.05, 0.1) is 6.42 Å². The summed E-state index contributed by atoms with van der Waals surface area (Å²) in [5.74, 6) is 0.133. The van der Waals surface area contributed by atoms with Gasteiger partial charge in [-0.15, -0.1) is 0 Å². The number of carbonyl (C=O) groups is 1. The minimum Gasteiger partial charge on any atom is -0.356 e. The van der Waals surface area contributed by atoms with E-state index in [0.29, 0.717) is 12.5 Å². The average Bonchev–Trinajstić information content (AvgIpc) is 2.92. The molecule has 1 N–H and O–H groups in total. The van der Waals surface area contributed by atoms with Crippen molar-refractivity contribution in [2.24, 2.45) is 0 Å². The molecule has 1 aliphatic rings. The van der Waals surface area contributed by atoms with Crippen LogP contribution in [0.3, 0.4) is 0 Å². The highest BCUT2D eigenvalue weighted by atomic mass is 32.1. The topological polar surface area (TPSA) is 35.6 Å². The van der Waals surface area contributed by atoms with Crippen LogP contribution in [-0.4, -0.2) is 61.5 Å². The Morgan fingerprint density at radius 1 is 1.40 bits per heavy atom. The highest BCUT2D eigenvalue weighted by Crippen LogP contribution is 2.08. The van der Waals surface area contributed by atoms with Crippen LogP contribution in [0.5, 0.6) is 0 Å². The van der Waals surface area contributed by atoms with Gasteiger partial charge in [0.1, 0.15) is 0 Å². The fourth-order valence-corrected chi connectivity index (χ4v) is 3.18. The summed E-state index contributed by atoms with van der Waals surface area (Å²) in [7, 11) is 2.17. The predicted octanol–water partition coefficient (Wildman–Crippen LogP) is 1.43. The van der Waals surface area contributed by atoms with Gasteiger partial charge in [-0.3, -0.25) is 9.69 Å². The van der Waals surface area contributed by atoms with Crippen LogP contribution in [0.2, 0.25) is 0 Å². The number of nitrogens with zero attached hydrogens (tertiary/aromatic N) is 2. The zero-order valence-corrected chi connectivity index (χ0v) is 13.3. The van der Waals surface area contributed by atoms with Crippen molar-refractivity contribution in [1.29, 1.82) is 0 Å². The molecule has 20 heavy (non-hydrogen) atoms. The van der Waals surface area contributed by atoms with Crippen LogP contribution < -0.4 is 5.32 Å². The standard InChI is InChI=1S/C15H25N3OS/c1-13(18-8-6-17(2)7-9-18)3-5-16-15(19)11-14-4-10-20-12-14/h4,10,12-13H,3,5-9,11H2,1-2H3,(H,16,19)/t13-/m1/s1. The quantitative estimate of drug-likeness (QED) is 0.862. The van der Waals surface area contributed by atoms with Gasteiger partial charge in [-0.05, 0) is 42.8 Å². The highest BCUT2D eigenvalue weighted by Gasteiger charge is 2.18. The van der Waals surface area contributed by atoms with Gasteiger partial charge in [0, 0.05) is 38.8 Å². The van der Waals surface area contributed by atoms with Gasteiger partial charge in [0.2, 0.25) is 5.91 Å². The number of piperazine rings is 1. The summed E-state index contributed by atoms with van der Waals surface area (Å²) in [6.45, 7) is 7.61. The van der Waals surface area contributed by atoms with Gasteiger partial charge in [0.25, 0.3) is 0 Å². The van der Waals surface area contributed by atoms with Crippen molar-refractivity contribution in [2.45, 2.75) is 25.8 Å². The SMILES string of the molecule is C[C@H](CCNC(=O)Cc1ccsc1)N1CCN(C)CC1. The summed E-state index contributed by atoms with van der Waals surface area (Å²) in [4.78, 5) is 16.7. The molecule has 0 bridgehead atoms. The van der Waals surface area contributed by atoms with Crippen LogP contribution in [0, 0.1) is 0 Å². The van der Waals surface area contributed by atoms with Crippen LogP contribution in [0.1, 0.15) is 18.9 Å². The first-order chi connectivity index (χ1) is 9.65. The number of nitrogens with one attached hydrogen (secondary N) is 1. The summed E-state index contributed by atoms with van der Waals surface area (Å²) in [5.41, 5.74) is 1.11. The molecular weight excluding hydrogens is 270 g/mol. The Balaban J connectivity index is 1.61. The van der Waals surface area contributed by atoms with E-state index in [4.69, 9.17) is 0 Å². The minimum atomic E-state index is 0.133. The molecule has 2 rings (SSSR count). The second-order valence-corrected chi connectivity index (χ2v) is 6.42. The number of thiophene rings is 1. The Morgan fingerprint density at radius 3 is 2.80 bits per heavy atom. The molecule has 4 nitrogen and oxygen atoms in total. The summed E-state index contributed by atoms with van der Waals surface area (Å²) in [5, 5.41) is 7.07. The van der Waals surface area contributed by atoms with Crippen LogP contribution in [0.25, 0.3) is 0 Å². The van der Waals surface area contributed by atoms with Crippen molar-refractivity contribution >= 4 is 17.2 Å². The molecule has 0 radical (unpaired) electrons. The van der Waals surface area contributed by atoms with Gasteiger partial charge in [0.15, 0.2) is 0 Å². The molecule has 0 unspecified atom stereocenters. The van der Waals surface area contributed by atoms with Gasteiger partial charge in [-0.1, -0.05) is 0 Å². The number of amides is 1. The smallest absolute Gasteiger partial charge is 0.224 e. The lowest BCUT2D eigenvalue weighted by Crippen LogP contribution is -2.48. The van der Waals surface area contributed by atoms with Crippen molar-refractivity contribution in [3.05, 3.63) is 22.4 Å².